The van der Waals surface area contributed by atoms with E-state index in [0.717, 1.165) is 16.8 Å². The molecule has 0 bridgehead atoms. The van der Waals surface area contributed by atoms with Crippen LogP contribution in [-0.4, -0.2) is 37.0 Å². The Morgan fingerprint density at radius 3 is 2.26 bits per heavy atom. The zero-order valence-electron chi connectivity index (χ0n) is 18.6. The topological polar surface area (TPSA) is 74.6 Å². The van der Waals surface area contributed by atoms with E-state index in [9.17, 15) is 4.79 Å². The molecule has 3 rings (SSSR count). The smallest absolute Gasteiger partial charge is 0.255 e. The van der Waals surface area contributed by atoms with Gasteiger partial charge in [0.15, 0.2) is 11.5 Å². The summed E-state index contributed by atoms with van der Waals surface area (Å²) in [6, 6.07) is 13.5. The predicted octanol–water partition coefficient (Wildman–Crippen LogP) is 4.01. The molecule has 1 aromatic heterocycles. The first kappa shape index (κ1) is 22.2. The fourth-order valence-corrected chi connectivity index (χ4v) is 3.58. The van der Waals surface area contributed by atoms with E-state index < -0.39 is 0 Å². The van der Waals surface area contributed by atoms with Gasteiger partial charge in [0.2, 0.25) is 5.75 Å². The molecule has 7 heteroatoms. The molecule has 0 radical (unpaired) electrons. The van der Waals surface area contributed by atoms with Crippen molar-refractivity contribution in [1.82, 2.24) is 15.1 Å². The van der Waals surface area contributed by atoms with Crippen molar-refractivity contribution in [1.29, 1.82) is 0 Å². The Morgan fingerprint density at radius 2 is 1.71 bits per heavy atom. The molecule has 0 aliphatic carbocycles. The van der Waals surface area contributed by atoms with Crippen LogP contribution in [0.25, 0.3) is 0 Å². The number of rotatable bonds is 9. The summed E-state index contributed by atoms with van der Waals surface area (Å²) >= 11 is 0. The van der Waals surface area contributed by atoms with Gasteiger partial charge in [-0.05, 0) is 36.6 Å². The third-order valence-electron chi connectivity index (χ3n) is 5.24. The largest absolute Gasteiger partial charge is 0.493 e. The Labute approximate surface area is 182 Å². The van der Waals surface area contributed by atoms with Crippen LogP contribution in [-0.2, 0) is 13.0 Å². The quantitative estimate of drug-likeness (QED) is 0.563. The van der Waals surface area contributed by atoms with Crippen molar-refractivity contribution in [3.8, 4) is 17.2 Å². The Balaban J connectivity index is 1.81. The van der Waals surface area contributed by atoms with Crippen molar-refractivity contribution in [3.05, 3.63) is 71.0 Å². The minimum absolute atomic E-state index is 0.169. The number of hydrogen-bond donors (Lipinski definition) is 1. The van der Waals surface area contributed by atoms with E-state index in [1.54, 1.807) is 27.5 Å². The molecule has 0 fully saturated rings. The number of carbonyl (C=O) groups is 1. The molecule has 7 nitrogen and oxygen atoms in total. The molecule has 164 valence electrons. The molecule has 0 saturated heterocycles. The summed E-state index contributed by atoms with van der Waals surface area (Å²) in [6.45, 7) is 4.57. The van der Waals surface area contributed by atoms with Crippen LogP contribution in [0.2, 0.25) is 0 Å². The first-order valence-corrected chi connectivity index (χ1v) is 10.2. The lowest BCUT2D eigenvalue weighted by Crippen LogP contribution is -2.27. The molecule has 0 aliphatic heterocycles. The van der Waals surface area contributed by atoms with Crippen molar-refractivity contribution < 1.29 is 19.0 Å². The summed E-state index contributed by atoms with van der Waals surface area (Å²) in [5.41, 5.74) is 3.46. The number of nitrogens with zero attached hydrogens (tertiary/aromatic N) is 2. The number of hydrogen-bond acceptors (Lipinski definition) is 5. The van der Waals surface area contributed by atoms with Crippen LogP contribution in [0.5, 0.6) is 17.2 Å². The number of carbonyl (C=O) groups excluding carboxylic acids is 1. The first-order valence-electron chi connectivity index (χ1n) is 10.2. The minimum atomic E-state index is -0.275. The number of benzene rings is 2. The van der Waals surface area contributed by atoms with E-state index in [0.29, 0.717) is 35.8 Å². The second-order valence-electron chi connectivity index (χ2n) is 7.16. The van der Waals surface area contributed by atoms with Crippen LogP contribution in [0.1, 0.15) is 47.1 Å². The van der Waals surface area contributed by atoms with Crippen molar-refractivity contribution in [3.63, 3.8) is 0 Å². The van der Waals surface area contributed by atoms with Crippen molar-refractivity contribution in [2.45, 2.75) is 32.9 Å². The molecular weight excluding hydrogens is 394 g/mol. The fraction of sp³-hybridized carbons (Fsp3) is 0.333. The van der Waals surface area contributed by atoms with E-state index in [2.05, 4.69) is 10.4 Å². The van der Waals surface area contributed by atoms with Crippen LogP contribution in [0.3, 0.4) is 0 Å². The molecule has 1 atom stereocenters. The van der Waals surface area contributed by atoms with Crippen molar-refractivity contribution in [2.75, 3.05) is 21.3 Å². The molecule has 0 aliphatic rings. The summed E-state index contributed by atoms with van der Waals surface area (Å²) < 4.78 is 18.1. The van der Waals surface area contributed by atoms with Gasteiger partial charge in [-0.15, -0.1) is 0 Å². The van der Waals surface area contributed by atoms with Crippen LogP contribution in [0, 0.1) is 0 Å². The van der Waals surface area contributed by atoms with Gasteiger partial charge in [-0.1, -0.05) is 37.3 Å². The highest BCUT2D eigenvalue weighted by Crippen LogP contribution is 2.39. The van der Waals surface area contributed by atoms with E-state index in [1.807, 2.05) is 61.0 Å². The van der Waals surface area contributed by atoms with Gasteiger partial charge in [0.25, 0.3) is 5.91 Å². The Morgan fingerprint density at radius 1 is 1.06 bits per heavy atom. The second-order valence-corrected chi connectivity index (χ2v) is 7.16. The maximum Gasteiger partial charge on any atom is 0.255 e. The Kier molecular flexibility index (Phi) is 7.18. The van der Waals surface area contributed by atoms with Crippen LogP contribution < -0.4 is 19.5 Å². The Hall–Kier alpha value is -3.48. The zero-order chi connectivity index (χ0) is 22.4. The number of ether oxygens (including phenoxy) is 3. The summed E-state index contributed by atoms with van der Waals surface area (Å²) in [5, 5.41) is 7.52. The maximum atomic E-state index is 13.1. The second kappa shape index (κ2) is 10.0. The van der Waals surface area contributed by atoms with Gasteiger partial charge in [-0.2, -0.15) is 5.10 Å². The van der Waals surface area contributed by atoms with E-state index in [-0.39, 0.29) is 11.9 Å². The average Bonchev–Trinajstić information content (AvgIpc) is 3.21. The zero-order valence-corrected chi connectivity index (χ0v) is 18.6. The Bertz CT molecular complexity index is 1010. The van der Waals surface area contributed by atoms with Gasteiger partial charge in [-0.25, -0.2) is 0 Å². The first-order chi connectivity index (χ1) is 15.0. The lowest BCUT2D eigenvalue weighted by Gasteiger charge is -2.19. The predicted molar refractivity (Wildman–Crippen MR) is 119 cm³/mol. The van der Waals surface area contributed by atoms with Gasteiger partial charge < -0.3 is 19.5 Å². The van der Waals surface area contributed by atoms with Gasteiger partial charge in [0.1, 0.15) is 0 Å². The lowest BCUT2D eigenvalue weighted by atomic mass is 10.1. The normalized spacial score (nSPS) is 11.6. The van der Waals surface area contributed by atoms with Crippen molar-refractivity contribution >= 4 is 5.91 Å². The van der Waals surface area contributed by atoms with Crippen LogP contribution in [0.15, 0.2) is 48.7 Å². The third kappa shape index (κ3) is 4.82. The molecule has 0 saturated carbocycles. The molecule has 0 spiro atoms. The summed E-state index contributed by atoms with van der Waals surface area (Å²) in [7, 11) is 4.70. The third-order valence-corrected chi connectivity index (χ3v) is 5.24. The standard InChI is InChI=1S/C24H29N3O4/c1-6-20-19(14-25-27(20)15-17-10-8-7-9-11-17)24(28)26-16(2)18-12-21(29-3)23(31-5)22(13-18)30-4/h7-14,16H,6,15H2,1-5H3,(H,26,28). The number of aromatic nitrogens is 2. The van der Waals surface area contributed by atoms with Gasteiger partial charge >= 0.3 is 0 Å². The average molecular weight is 424 g/mol. The number of amides is 1. The number of methoxy groups -OCH3 is 3. The highest BCUT2D eigenvalue weighted by molar-refractivity contribution is 5.95. The molecule has 1 unspecified atom stereocenters. The lowest BCUT2D eigenvalue weighted by molar-refractivity contribution is 0.0938. The van der Waals surface area contributed by atoms with E-state index in [1.165, 1.54) is 0 Å². The monoisotopic (exact) mass is 423 g/mol. The van der Waals surface area contributed by atoms with E-state index >= 15 is 0 Å². The molecule has 31 heavy (non-hydrogen) atoms. The molecule has 1 N–H and O–H groups in total. The summed E-state index contributed by atoms with van der Waals surface area (Å²) in [6.07, 6.45) is 2.34. The number of nitrogens with one attached hydrogen (secondary N) is 1. The van der Waals surface area contributed by atoms with Gasteiger partial charge in [-0.3, -0.25) is 9.48 Å². The molecular formula is C24H29N3O4. The summed E-state index contributed by atoms with van der Waals surface area (Å²) in [4.78, 5) is 13.1. The molecule has 1 heterocycles. The van der Waals surface area contributed by atoms with Gasteiger partial charge in [0.05, 0.1) is 51.4 Å². The SMILES string of the molecule is CCc1c(C(=O)NC(C)c2cc(OC)c(OC)c(OC)c2)cnn1Cc1ccccc1. The highest BCUT2D eigenvalue weighted by Gasteiger charge is 2.21. The molecule has 2 aromatic carbocycles. The molecule has 1 amide bonds. The minimum Gasteiger partial charge on any atom is -0.493 e. The fourth-order valence-electron chi connectivity index (χ4n) is 3.58. The summed E-state index contributed by atoms with van der Waals surface area (Å²) in [5.74, 6) is 1.44. The maximum absolute atomic E-state index is 13.1. The van der Waals surface area contributed by atoms with Crippen LogP contribution in [0.4, 0.5) is 0 Å². The van der Waals surface area contributed by atoms with Crippen LogP contribution >= 0.6 is 0 Å². The van der Waals surface area contributed by atoms with Crippen molar-refractivity contribution in [2.24, 2.45) is 0 Å². The van der Waals surface area contributed by atoms with Gasteiger partial charge in [0, 0.05) is 0 Å². The van der Waals surface area contributed by atoms with E-state index in [4.69, 9.17) is 14.2 Å². The molecule has 3 aromatic rings. The highest BCUT2D eigenvalue weighted by atomic mass is 16.5.